The first-order valence-electron chi connectivity index (χ1n) is 5.75. The molecule has 0 atom stereocenters. The fourth-order valence-corrected chi connectivity index (χ4v) is 2.90. The van der Waals surface area contributed by atoms with Gasteiger partial charge in [0, 0.05) is 12.5 Å². The van der Waals surface area contributed by atoms with Crippen molar-refractivity contribution < 1.29 is 0 Å². The molecule has 0 bridgehead atoms. The highest BCUT2D eigenvalue weighted by Gasteiger charge is 2.09. The number of hydrogen-bond acceptors (Lipinski definition) is 4. The maximum atomic E-state index is 11.8. The van der Waals surface area contributed by atoms with Crippen molar-refractivity contribution in [3.05, 3.63) is 63.0 Å². The standard InChI is InChI=1S/C13H10ClN3OS/c14-8-10-7-12(18)17-13(15-10)19-11(16-17)6-9-4-2-1-3-5-9/h1-5,7H,6,8H2. The van der Waals surface area contributed by atoms with E-state index in [0.717, 1.165) is 10.6 Å². The Kier molecular flexibility index (Phi) is 3.31. The van der Waals surface area contributed by atoms with Gasteiger partial charge in [-0.15, -0.1) is 11.6 Å². The van der Waals surface area contributed by atoms with Gasteiger partial charge in [-0.2, -0.15) is 9.61 Å². The molecule has 1 aromatic carbocycles. The molecule has 0 aliphatic rings. The molecule has 0 aliphatic carbocycles. The second-order valence-corrected chi connectivity index (χ2v) is 5.38. The van der Waals surface area contributed by atoms with Crippen molar-refractivity contribution in [3.63, 3.8) is 0 Å². The van der Waals surface area contributed by atoms with E-state index in [1.807, 2.05) is 30.3 Å². The van der Waals surface area contributed by atoms with Crippen molar-refractivity contribution >= 4 is 27.9 Å². The maximum Gasteiger partial charge on any atom is 0.275 e. The summed E-state index contributed by atoms with van der Waals surface area (Å²) in [6, 6.07) is 11.4. The Bertz CT molecular complexity index is 766. The van der Waals surface area contributed by atoms with Crippen LogP contribution in [0.2, 0.25) is 0 Å². The molecule has 0 radical (unpaired) electrons. The second kappa shape index (κ2) is 5.11. The van der Waals surface area contributed by atoms with Crippen molar-refractivity contribution in [2.75, 3.05) is 0 Å². The summed E-state index contributed by atoms with van der Waals surface area (Å²) >= 11 is 7.13. The number of hydrogen-bond donors (Lipinski definition) is 0. The number of rotatable bonds is 3. The molecule has 0 spiro atoms. The molecule has 0 saturated carbocycles. The Morgan fingerprint density at radius 3 is 2.79 bits per heavy atom. The van der Waals surface area contributed by atoms with Gasteiger partial charge in [0.2, 0.25) is 4.96 Å². The molecule has 19 heavy (non-hydrogen) atoms. The maximum absolute atomic E-state index is 11.8. The Hall–Kier alpha value is -1.72. The minimum absolute atomic E-state index is 0.184. The molecule has 3 aromatic rings. The molecule has 0 aliphatic heterocycles. The van der Waals surface area contributed by atoms with Crippen LogP contribution >= 0.6 is 22.9 Å². The zero-order valence-corrected chi connectivity index (χ0v) is 11.5. The zero-order valence-electron chi connectivity index (χ0n) is 9.91. The van der Waals surface area contributed by atoms with Crippen molar-refractivity contribution in [1.29, 1.82) is 0 Å². The van der Waals surface area contributed by atoms with Gasteiger partial charge in [-0.05, 0) is 5.56 Å². The number of alkyl halides is 1. The van der Waals surface area contributed by atoms with Crippen LogP contribution in [0, 0.1) is 0 Å². The highest BCUT2D eigenvalue weighted by atomic mass is 35.5. The molecule has 0 fully saturated rings. The van der Waals surface area contributed by atoms with Gasteiger partial charge in [-0.1, -0.05) is 41.7 Å². The molecule has 0 N–H and O–H groups in total. The van der Waals surface area contributed by atoms with Crippen LogP contribution in [0.1, 0.15) is 16.3 Å². The molecule has 0 saturated heterocycles. The number of nitrogens with zero attached hydrogens (tertiary/aromatic N) is 3. The van der Waals surface area contributed by atoms with Gasteiger partial charge < -0.3 is 0 Å². The third kappa shape index (κ3) is 2.52. The molecule has 2 heterocycles. The van der Waals surface area contributed by atoms with E-state index in [2.05, 4.69) is 10.1 Å². The van der Waals surface area contributed by atoms with Crippen LogP contribution in [0.15, 0.2) is 41.2 Å². The Labute approximate surface area is 118 Å². The highest BCUT2D eigenvalue weighted by Crippen LogP contribution is 2.16. The number of halogens is 1. The van der Waals surface area contributed by atoms with Crippen LogP contribution in [0.4, 0.5) is 0 Å². The van der Waals surface area contributed by atoms with Gasteiger partial charge in [0.25, 0.3) is 5.56 Å². The van der Waals surface area contributed by atoms with Crippen LogP contribution in [-0.4, -0.2) is 14.6 Å². The average molecular weight is 292 g/mol. The minimum Gasteiger partial charge on any atom is -0.267 e. The van der Waals surface area contributed by atoms with Crippen molar-refractivity contribution in [1.82, 2.24) is 14.6 Å². The molecule has 6 heteroatoms. The van der Waals surface area contributed by atoms with E-state index in [9.17, 15) is 4.79 Å². The van der Waals surface area contributed by atoms with Crippen molar-refractivity contribution in [2.24, 2.45) is 0 Å². The predicted octanol–water partition coefficient (Wildman–Crippen LogP) is 2.48. The fourth-order valence-electron chi connectivity index (χ4n) is 1.81. The monoisotopic (exact) mass is 291 g/mol. The van der Waals surface area contributed by atoms with E-state index >= 15 is 0 Å². The normalized spacial score (nSPS) is 11.0. The highest BCUT2D eigenvalue weighted by molar-refractivity contribution is 7.16. The largest absolute Gasteiger partial charge is 0.275 e. The lowest BCUT2D eigenvalue weighted by Gasteiger charge is -1.94. The third-order valence-electron chi connectivity index (χ3n) is 2.68. The summed E-state index contributed by atoms with van der Waals surface area (Å²) in [5.41, 5.74) is 1.56. The van der Waals surface area contributed by atoms with Crippen LogP contribution in [-0.2, 0) is 12.3 Å². The van der Waals surface area contributed by atoms with Gasteiger partial charge >= 0.3 is 0 Å². The average Bonchev–Trinajstić information content (AvgIpc) is 2.83. The molecule has 96 valence electrons. The van der Waals surface area contributed by atoms with Gasteiger partial charge in [-0.25, -0.2) is 4.98 Å². The first-order chi connectivity index (χ1) is 9.26. The summed E-state index contributed by atoms with van der Waals surface area (Å²) < 4.78 is 1.33. The summed E-state index contributed by atoms with van der Waals surface area (Å²) in [5, 5.41) is 5.16. The van der Waals surface area contributed by atoms with Gasteiger partial charge in [0.15, 0.2) is 0 Å². The second-order valence-electron chi connectivity index (χ2n) is 4.07. The molecular formula is C13H10ClN3OS. The van der Waals surface area contributed by atoms with Gasteiger partial charge in [-0.3, -0.25) is 4.79 Å². The van der Waals surface area contributed by atoms with E-state index in [4.69, 9.17) is 11.6 Å². The molecule has 4 nitrogen and oxygen atoms in total. The minimum atomic E-state index is -0.184. The Morgan fingerprint density at radius 2 is 2.05 bits per heavy atom. The lowest BCUT2D eigenvalue weighted by Crippen LogP contribution is -2.15. The van der Waals surface area contributed by atoms with Crippen LogP contribution in [0.25, 0.3) is 4.96 Å². The van der Waals surface area contributed by atoms with E-state index in [-0.39, 0.29) is 11.4 Å². The van der Waals surface area contributed by atoms with Crippen molar-refractivity contribution in [2.45, 2.75) is 12.3 Å². The first-order valence-corrected chi connectivity index (χ1v) is 7.10. The fraction of sp³-hybridized carbons (Fsp3) is 0.154. The lowest BCUT2D eigenvalue weighted by molar-refractivity contribution is 0.858. The Morgan fingerprint density at radius 1 is 1.26 bits per heavy atom. The topological polar surface area (TPSA) is 47.3 Å². The lowest BCUT2D eigenvalue weighted by atomic mass is 10.2. The smallest absolute Gasteiger partial charge is 0.267 e. The van der Waals surface area contributed by atoms with Crippen LogP contribution in [0.5, 0.6) is 0 Å². The zero-order chi connectivity index (χ0) is 13.2. The summed E-state index contributed by atoms with van der Waals surface area (Å²) in [6.07, 6.45) is 0.699. The number of fused-ring (bicyclic) bond motifs is 1. The Balaban J connectivity index is 2.02. The quantitative estimate of drug-likeness (QED) is 0.697. The summed E-state index contributed by atoms with van der Waals surface area (Å²) in [4.78, 5) is 16.7. The van der Waals surface area contributed by atoms with E-state index in [1.165, 1.54) is 21.9 Å². The molecular weight excluding hydrogens is 282 g/mol. The summed E-state index contributed by atoms with van der Waals surface area (Å²) in [6.45, 7) is 0. The predicted molar refractivity (Wildman–Crippen MR) is 75.9 cm³/mol. The van der Waals surface area contributed by atoms with E-state index < -0.39 is 0 Å². The molecule has 2 aromatic heterocycles. The molecule has 3 rings (SSSR count). The van der Waals surface area contributed by atoms with E-state index in [1.54, 1.807) is 0 Å². The third-order valence-corrected chi connectivity index (χ3v) is 3.86. The van der Waals surface area contributed by atoms with Crippen LogP contribution < -0.4 is 5.56 Å². The number of benzene rings is 1. The van der Waals surface area contributed by atoms with Gasteiger partial charge in [0.05, 0.1) is 11.6 Å². The molecule has 0 amide bonds. The SMILES string of the molecule is O=c1cc(CCl)nc2sc(Cc3ccccc3)nn12. The van der Waals surface area contributed by atoms with Gasteiger partial charge in [0.1, 0.15) is 5.01 Å². The van der Waals surface area contributed by atoms with Crippen LogP contribution in [0.3, 0.4) is 0 Å². The first kappa shape index (κ1) is 12.3. The summed E-state index contributed by atoms with van der Waals surface area (Å²) in [7, 11) is 0. The summed E-state index contributed by atoms with van der Waals surface area (Å²) in [5.74, 6) is 0.234. The van der Waals surface area contributed by atoms with Crippen molar-refractivity contribution in [3.8, 4) is 0 Å². The number of aromatic nitrogens is 3. The molecule has 0 unspecified atom stereocenters. The van der Waals surface area contributed by atoms with E-state index in [0.29, 0.717) is 17.1 Å².